The molecule has 0 aliphatic carbocycles. The number of allylic oxidation sites excluding steroid dienone is 2. The number of hydrogen-bond acceptors (Lipinski definition) is 5. The number of pyridine rings is 1. The summed E-state index contributed by atoms with van der Waals surface area (Å²) in [4.78, 5) is 57.7. The van der Waals surface area contributed by atoms with Crippen molar-refractivity contribution in [2.24, 2.45) is 20.0 Å². The fourth-order valence-electron chi connectivity index (χ4n) is 3.20. The van der Waals surface area contributed by atoms with Gasteiger partial charge in [0.1, 0.15) is 22.9 Å². The first-order valence-corrected chi connectivity index (χ1v) is 9.73. The molecular weight excluding hydrogens is 506 g/mol. The second kappa shape index (κ2) is 9.87. The second-order valence-electron chi connectivity index (χ2n) is 7.49. The van der Waals surface area contributed by atoms with Crippen molar-refractivity contribution >= 4 is 17.7 Å². The first-order valence-electron chi connectivity index (χ1n) is 9.73. The van der Waals surface area contributed by atoms with Crippen LogP contribution in [0.15, 0.2) is 39.7 Å². The Morgan fingerprint density at radius 3 is 1.97 bits per heavy atom. The van der Waals surface area contributed by atoms with Crippen LogP contribution in [0.25, 0.3) is 0 Å². The number of ketones is 1. The normalized spacial score (nSPS) is 16.2. The van der Waals surface area contributed by atoms with Crippen molar-refractivity contribution in [3.05, 3.63) is 67.6 Å². The molecule has 2 aromatic heterocycles. The van der Waals surface area contributed by atoms with Gasteiger partial charge in [0.15, 0.2) is 0 Å². The van der Waals surface area contributed by atoms with Gasteiger partial charge in [0.25, 0.3) is 11.1 Å². The average molecular weight is 524 g/mol. The Hall–Kier alpha value is -4.11. The highest BCUT2D eigenvalue weighted by molar-refractivity contribution is 6.08. The lowest BCUT2D eigenvalue weighted by molar-refractivity contribution is -0.156. The van der Waals surface area contributed by atoms with Gasteiger partial charge in [0, 0.05) is 27.3 Å². The standard InChI is InChI=1S/C12H10F3N3O3.C8H8F3NO3/c1-17-8(12(13,14)15)4-3-6(10(17)20)9(19)7-5-16-18(2)11(7)21;1-12-5(8(9,10)11)3-2-4(6(12)13)7(14)15/h3-5,16H,1-2H3;3-4H,2H2,1H3,(H,14,15). The lowest BCUT2D eigenvalue weighted by atomic mass is 9.99. The van der Waals surface area contributed by atoms with Crippen molar-refractivity contribution in [1.82, 2.24) is 19.2 Å². The summed E-state index contributed by atoms with van der Waals surface area (Å²) in [5.41, 5.74) is -4.87. The summed E-state index contributed by atoms with van der Waals surface area (Å²) in [7, 11) is 3.19. The molecule has 0 fully saturated rings. The van der Waals surface area contributed by atoms with E-state index in [9.17, 15) is 50.3 Å². The van der Waals surface area contributed by atoms with E-state index in [-0.39, 0.29) is 5.56 Å². The maximum absolute atomic E-state index is 12.6. The zero-order chi connectivity index (χ0) is 27.7. The summed E-state index contributed by atoms with van der Waals surface area (Å²) in [6.07, 6.45) is -7.94. The summed E-state index contributed by atoms with van der Waals surface area (Å²) >= 11 is 0. The molecule has 0 aromatic carbocycles. The Bertz CT molecular complexity index is 1350. The zero-order valence-electron chi connectivity index (χ0n) is 18.7. The minimum atomic E-state index is -4.71. The summed E-state index contributed by atoms with van der Waals surface area (Å²) in [6.45, 7) is 0. The predicted molar refractivity (Wildman–Crippen MR) is 109 cm³/mol. The smallest absolute Gasteiger partial charge is 0.431 e. The fraction of sp³-hybridized carbons (Fsp3) is 0.350. The van der Waals surface area contributed by atoms with Crippen LogP contribution >= 0.6 is 0 Å². The van der Waals surface area contributed by atoms with Crippen LogP contribution < -0.4 is 11.1 Å². The molecule has 0 radical (unpaired) electrons. The van der Waals surface area contributed by atoms with Gasteiger partial charge >= 0.3 is 18.3 Å². The molecule has 2 N–H and O–H groups in total. The minimum Gasteiger partial charge on any atom is -0.481 e. The summed E-state index contributed by atoms with van der Waals surface area (Å²) in [6, 6.07) is 1.41. The first-order chi connectivity index (χ1) is 16.4. The number of carboxylic acid groups (broad SMARTS) is 1. The second-order valence-corrected chi connectivity index (χ2v) is 7.49. The molecule has 1 aliphatic rings. The van der Waals surface area contributed by atoms with E-state index in [2.05, 4.69) is 5.10 Å². The molecule has 1 atom stereocenters. The van der Waals surface area contributed by atoms with Crippen LogP contribution in [-0.2, 0) is 29.9 Å². The molecule has 1 aliphatic heterocycles. The van der Waals surface area contributed by atoms with Crippen molar-refractivity contribution in [3.8, 4) is 0 Å². The van der Waals surface area contributed by atoms with Gasteiger partial charge in [0.2, 0.25) is 11.7 Å². The van der Waals surface area contributed by atoms with Gasteiger partial charge in [0.05, 0.1) is 5.56 Å². The number of rotatable bonds is 3. The number of carbonyl (C=O) groups is 3. The molecule has 196 valence electrons. The number of alkyl halides is 6. The number of aryl methyl sites for hydroxylation is 1. The molecule has 0 saturated heterocycles. The van der Waals surface area contributed by atoms with E-state index in [1.165, 1.54) is 7.05 Å². The van der Waals surface area contributed by atoms with Gasteiger partial charge in [-0.05, 0) is 18.6 Å². The van der Waals surface area contributed by atoms with Gasteiger partial charge < -0.3 is 19.7 Å². The van der Waals surface area contributed by atoms with E-state index in [1.807, 2.05) is 0 Å². The lowest BCUT2D eigenvalue weighted by Crippen LogP contribution is -2.43. The number of H-pyrrole nitrogens is 1. The van der Waals surface area contributed by atoms with E-state index in [1.54, 1.807) is 0 Å². The number of amides is 1. The summed E-state index contributed by atoms with van der Waals surface area (Å²) in [5, 5.41) is 11.0. The molecule has 0 spiro atoms. The van der Waals surface area contributed by atoms with E-state index in [0.717, 1.165) is 37.1 Å². The van der Waals surface area contributed by atoms with Gasteiger partial charge in [-0.3, -0.25) is 28.7 Å². The topological polar surface area (TPSA) is 134 Å². The van der Waals surface area contributed by atoms with Crippen LogP contribution in [0, 0.1) is 5.92 Å². The highest BCUT2D eigenvalue weighted by Crippen LogP contribution is 2.33. The van der Waals surface area contributed by atoms with Crippen molar-refractivity contribution in [3.63, 3.8) is 0 Å². The first kappa shape index (κ1) is 28.1. The fourth-order valence-corrected chi connectivity index (χ4v) is 3.20. The molecule has 1 unspecified atom stereocenters. The highest BCUT2D eigenvalue weighted by atomic mass is 19.4. The van der Waals surface area contributed by atoms with Gasteiger partial charge in [-0.15, -0.1) is 0 Å². The van der Waals surface area contributed by atoms with E-state index in [4.69, 9.17) is 5.11 Å². The third kappa shape index (κ3) is 5.58. The third-order valence-electron chi connectivity index (χ3n) is 5.15. The molecule has 10 nitrogen and oxygen atoms in total. The van der Waals surface area contributed by atoms with Crippen LogP contribution in [-0.4, -0.2) is 55.2 Å². The molecule has 2 aromatic rings. The van der Waals surface area contributed by atoms with Crippen LogP contribution in [0.3, 0.4) is 0 Å². The van der Waals surface area contributed by atoms with E-state index >= 15 is 0 Å². The summed E-state index contributed by atoms with van der Waals surface area (Å²) in [5.74, 6) is -4.80. The predicted octanol–water partition coefficient (Wildman–Crippen LogP) is 1.66. The van der Waals surface area contributed by atoms with Crippen molar-refractivity contribution in [2.45, 2.75) is 18.8 Å². The van der Waals surface area contributed by atoms with Crippen LogP contribution in [0.2, 0.25) is 0 Å². The van der Waals surface area contributed by atoms with Crippen LogP contribution in [0.5, 0.6) is 0 Å². The SMILES string of the molecule is CN1C(=O)C(C(=O)O)CC=C1C(F)(F)F.Cn1[nH]cc(C(=O)c2ccc(C(F)(F)F)n(C)c2=O)c1=O. The van der Waals surface area contributed by atoms with Crippen molar-refractivity contribution in [1.29, 1.82) is 0 Å². The number of carboxylic acids is 1. The molecule has 1 amide bonds. The Morgan fingerprint density at radius 1 is 0.944 bits per heavy atom. The largest absolute Gasteiger partial charge is 0.481 e. The highest BCUT2D eigenvalue weighted by Gasteiger charge is 2.44. The van der Waals surface area contributed by atoms with Gasteiger partial charge in [-0.25, -0.2) is 0 Å². The number of aromatic amines is 1. The number of halogens is 6. The molecular formula is C20H18F6N4O6. The number of nitrogens with zero attached hydrogens (tertiary/aromatic N) is 3. The number of aromatic nitrogens is 3. The Morgan fingerprint density at radius 2 is 1.53 bits per heavy atom. The molecule has 3 rings (SSSR count). The average Bonchev–Trinajstić information content (AvgIpc) is 3.08. The molecule has 3 heterocycles. The van der Waals surface area contributed by atoms with E-state index < -0.39 is 70.4 Å². The number of carbonyl (C=O) groups excluding carboxylic acids is 2. The Kier molecular flexibility index (Phi) is 7.71. The van der Waals surface area contributed by atoms with Crippen LogP contribution in [0.1, 0.15) is 28.0 Å². The minimum absolute atomic E-state index is 0.311. The van der Waals surface area contributed by atoms with E-state index in [0.29, 0.717) is 15.5 Å². The Balaban J connectivity index is 0.000000269. The van der Waals surface area contributed by atoms with Crippen molar-refractivity contribution in [2.75, 3.05) is 7.05 Å². The van der Waals surface area contributed by atoms with Gasteiger partial charge in [-0.1, -0.05) is 6.08 Å². The Labute approximate surface area is 197 Å². The quantitative estimate of drug-likeness (QED) is 0.356. The summed E-state index contributed by atoms with van der Waals surface area (Å²) < 4.78 is 76.2. The maximum Gasteiger partial charge on any atom is 0.431 e. The zero-order valence-corrected chi connectivity index (χ0v) is 18.7. The third-order valence-corrected chi connectivity index (χ3v) is 5.15. The number of aliphatic carboxylic acids is 1. The molecule has 36 heavy (non-hydrogen) atoms. The maximum atomic E-state index is 12.6. The van der Waals surface area contributed by atoms with Gasteiger partial charge in [-0.2, -0.15) is 26.3 Å². The number of hydrogen-bond donors (Lipinski definition) is 2. The molecule has 16 heteroatoms. The van der Waals surface area contributed by atoms with Crippen LogP contribution in [0.4, 0.5) is 26.3 Å². The molecule has 0 saturated carbocycles. The number of nitrogens with one attached hydrogen (secondary N) is 1. The van der Waals surface area contributed by atoms with Crippen molar-refractivity contribution < 1.29 is 45.8 Å². The molecule has 0 bridgehead atoms. The lowest BCUT2D eigenvalue weighted by Gasteiger charge is -2.29. The monoisotopic (exact) mass is 524 g/mol.